The summed E-state index contributed by atoms with van der Waals surface area (Å²) in [6.45, 7) is 8.83. The van der Waals surface area contributed by atoms with Gasteiger partial charge in [0.05, 0.1) is 5.69 Å². The topological polar surface area (TPSA) is 67.2 Å². The predicted octanol–water partition coefficient (Wildman–Crippen LogP) is 1.02. The first kappa shape index (κ1) is 14.7. The van der Waals surface area contributed by atoms with E-state index in [-0.39, 0.29) is 24.5 Å². The van der Waals surface area contributed by atoms with E-state index in [4.69, 9.17) is 5.11 Å². The zero-order valence-corrected chi connectivity index (χ0v) is 11.7. The molecule has 1 heterocycles. The molecule has 0 aromatic carbocycles. The number of nitrogens with zero attached hydrogens (tertiary/aromatic N) is 2. The molecule has 1 amide bonds. The zero-order chi connectivity index (χ0) is 13.8. The Morgan fingerprint density at radius 1 is 1.50 bits per heavy atom. The quantitative estimate of drug-likeness (QED) is 0.795. The van der Waals surface area contributed by atoms with Crippen molar-refractivity contribution in [2.75, 3.05) is 13.2 Å². The normalized spacial score (nSPS) is 11.6. The van der Waals surface area contributed by atoms with Crippen LogP contribution in [-0.2, 0) is 11.3 Å². The highest BCUT2D eigenvalue weighted by molar-refractivity contribution is 5.75. The number of rotatable bonds is 6. The molecular weight excluding hydrogens is 230 g/mol. The van der Waals surface area contributed by atoms with Crippen LogP contribution < -0.4 is 5.32 Å². The summed E-state index contributed by atoms with van der Waals surface area (Å²) in [4.78, 5) is 11.8. The number of carbonyl (C=O) groups excluding carboxylic acids is 1. The van der Waals surface area contributed by atoms with Crippen LogP contribution in [0.5, 0.6) is 0 Å². The van der Waals surface area contributed by atoms with Gasteiger partial charge in [-0.3, -0.25) is 9.48 Å². The first-order valence-corrected chi connectivity index (χ1v) is 6.23. The Kier molecular flexibility index (Phi) is 4.90. The van der Waals surface area contributed by atoms with Gasteiger partial charge < -0.3 is 10.4 Å². The number of hydrogen-bond acceptors (Lipinski definition) is 3. The molecule has 0 radical (unpaired) electrons. The molecule has 2 N–H and O–H groups in total. The number of aliphatic hydroxyl groups excluding tert-OH is 1. The van der Waals surface area contributed by atoms with Gasteiger partial charge in [-0.15, -0.1) is 0 Å². The second kappa shape index (κ2) is 6.00. The summed E-state index contributed by atoms with van der Waals surface area (Å²) >= 11 is 0. The number of carbonyl (C=O) groups is 1. The minimum atomic E-state index is -0.0838. The average Bonchev–Trinajstić information content (AvgIpc) is 2.55. The second-order valence-corrected chi connectivity index (χ2v) is 5.50. The van der Waals surface area contributed by atoms with Crippen LogP contribution in [0.15, 0.2) is 6.07 Å². The Balaban J connectivity index is 2.45. The van der Waals surface area contributed by atoms with E-state index in [1.54, 1.807) is 4.68 Å². The summed E-state index contributed by atoms with van der Waals surface area (Å²) in [6.07, 6.45) is 0.674. The molecule has 0 spiro atoms. The predicted molar refractivity (Wildman–Crippen MR) is 70.2 cm³/mol. The number of aliphatic hydroxyl groups is 1. The number of hydrogen-bond donors (Lipinski definition) is 2. The van der Waals surface area contributed by atoms with Crippen molar-refractivity contribution >= 4 is 5.91 Å². The van der Waals surface area contributed by atoms with Crippen molar-refractivity contribution in [1.82, 2.24) is 15.1 Å². The third-order valence-corrected chi connectivity index (χ3v) is 2.95. The maximum absolute atomic E-state index is 11.8. The third kappa shape index (κ3) is 4.49. The van der Waals surface area contributed by atoms with Crippen LogP contribution >= 0.6 is 0 Å². The second-order valence-electron chi connectivity index (χ2n) is 5.50. The summed E-state index contributed by atoms with van der Waals surface area (Å²) in [6, 6.07) is 1.95. The lowest BCUT2D eigenvalue weighted by Crippen LogP contribution is -2.36. The van der Waals surface area contributed by atoms with Gasteiger partial charge in [0.25, 0.3) is 0 Å². The minimum Gasteiger partial charge on any atom is -0.396 e. The van der Waals surface area contributed by atoms with E-state index in [1.807, 2.05) is 33.8 Å². The summed E-state index contributed by atoms with van der Waals surface area (Å²) in [7, 11) is 0. The molecule has 1 rings (SSSR count). The number of aryl methyl sites for hydroxylation is 2. The lowest BCUT2D eigenvalue weighted by atomic mass is 9.90. The van der Waals surface area contributed by atoms with E-state index in [1.165, 1.54) is 0 Å². The summed E-state index contributed by atoms with van der Waals surface area (Å²) < 4.78 is 1.70. The average molecular weight is 253 g/mol. The van der Waals surface area contributed by atoms with Gasteiger partial charge in [-0.1, -0.05) is 13.8 Å². The van der Waals surface area contributed by atoms with Crippen LogP contribution in [0, 0.1) is 19.3 Å². The van der Waals surface area contributed by atoms with Gasteiger partial charge in [-0.2, -0.15) is 5.10 Å². The minimum absolute atomic E-state index is 0.0489. The van der Waals surface area contributed by atoms with Crippen LogP contribution in [0.3, 0.4) is 0 Å². The smallest absolute Gasteiger partial charge is 0.241 e. The Morgan fingerprint density at radius 2 is 2.17 bits per heavy atom. The van der Waals surface area contributed by atoms with Crippen molar-refractivity contribution in [3.63, 3.8) is 0 Å². The van der Waals surface area contributed by atoms with Gasteiger partial charge in [0, 0.05) is 18.8 Å². The van der Waals surface area contributed by atoms with E-state index in [0.717, 1.165) is 11.4 Å². The van der Waals surface area contributed by atoms with Gasteiger partial charge in [-0.05, 0) is 31.7 Å². The van der Waals surface area contributed by atoms with Gasteiger partial charge in [0.1, 0.15) is 6.54 Å². The maximum atomic E-state index is 11.8. The highest BCUT2D eigenvalue weighted by atomic mass is 16.3. The molecule has 5 heteroatoms. The number of aromatic nitrogens is 2. The van der Waals surface area contributed by atoms with E-state index in [9.17, 15) is 4.79 Å². The standard InChI is InChI=1S/C13H23N3O2/c1-10-7-11(2)16(15-10)8-12(18)14-9-13(3,4)5-6-17/h7,17H,5-6,8-9H2,1-4H3,(H,14,18). The largest absolute Gasteiger partial charge is 0.396 e. The molecule has 0 saturated carbocycles. The Labute approximate surface area is 108 Å². The van der Waals surface area contributed by atoms with Crippen molar-refractivity contribution in [3.8, 4) is 0 Å². The van der Waals surface area contributed by atoms with Crippen LogP contribution in [0.2, 0.25) is 0 Å². The Hall–Kier alpha value is -1.36. The molecule has 5 nitrogen and oxygen atoms in total. The molecule has 0 aliphatic carbocycles. The first-order valence-electron chi connectivity index (χ1n) is 6.23. The van der Waals surface area contributed by atoms with E-state index in [0.29, 0.717) is 13.0 Å². The fourth-order valence-corrected chi connectivity index (χ4v) is 1.76. The van der Waals surface area contributed by atoms with Gasteiger partial charge in [0.15, 0.2) is 0 Å². The highest BCUT2D eigenvalue weighted by Gasteiger charge is 2.18. The molecule has 0 bridgehead atoms. The third-order valence-electron chi connectivity index (χ3n) is 2.95. The number of nitrogens with one attached hydrogen (secondary N) is 1. The fourth-order valence-electron chi connectivity index (χ4n) is 1.76. The molecule has 0 saturated heterocycles. The molecule has 0 atom stereocenters. The molecule has 0 unspecified atom stereocenters. The molecular formula is C13H23N3O2. The molecule has 1 aromatic rings. The van der Waals surface area contributed by atoms with Crippen LogP contribution in [0.4, 0.5) is 0 Å². The van der Waals surface area contributed by atoms with Crippen molar-refractivity contribution in [1.29, 1.82) is 0 Å². The van der Waals surface area contributed by atoms with Crippen molar-refractivity contribution in [2.45, 2.75) is 40.7 Å². The fraction of sp³-hybridized carbons (Fsp3) is 0.692. The number of amides is 1. The Morgan fingerprint density at radius 3 is 2.67 bits per heavy atom. The van der Waals surface area contributed by atoms with Crippen LogP contribution in [-0.4, -0.2) is 33.9 Å². The summed E-state index contributed by atoms with van der Waals surface area (Å²) in [5.74, 6) is -0.0489. The molecule has 18 heavy (non-hydrogen) atoms. The Bertz CT molecular complexity index is 410. The maximum Gasteiger partial charge on any atom is 0.241 e. The molecule has 0 fully saturated rings. The van der Waals surface area contributed by atoms with E-state index < -0.39 is 0 Å². The molecule has 102 valence electrons. The lowest BCUT2D eigenvalue weighted by Gasteiger charge is -2.23. The van der Waals surface area contributed by atoms with Crippen molar-refractivity contribution in [2.24, 2.45) is 5.41 Å². The molecule has 0 aliphatic heterocycles. The van der Waals surface area contributed by atoms with Crippen LogP contribution in [0.25, 0.3) is 0 Å². The lowest BCUT2D eigenvalue weighted by molar-refractivity contribution is -0.122. The monoisotopic (exact) mass is 253 g/mol. The SMILES string of the molecule is Cc1cc(C)n(CC(=O)NCC(C)(C)CCO)n1. The van der Waals surface area contributed by atoms with Gasteiger partial charge in [-0.25, -0.2) is 0 Å². The van der Waals surface area contributed by atoms with Crippen LogP contribution in [0.1, 0.15) is 31.7 Å². The highest BCUT2D eigenvalue weighted by Crippen LogP contribution is 2.17. The summed E-state index contributed by atoms with van der Waals surface area (Å²) in [5.41, 5.74) is 1.82. The molecule has 0 aliphatic rings. The van der Waals surface area contributed by atoms with Gasteiger partial charge in [0.2, 0.25) is 5.91 Å². The van der Waals surface area contributed by atoms with Crippen molar-refractivity contribution < 1.29 is 9.90 Å². The first-order chi connectivity index (χ1) is 8.34. The molecule has 1 aromatic heterocycles. The van der Waals surface area contributed by atoms with E-state index in [2.05, 4.69) is 10.4 Å². The van der Waals surface area contributed by atoms with Crippen molar-refractivity contribution in [3.05, 3.63) is 17.5 Å². The zero-order valence-electron chi connectivity index (χ0n) is 11.7. The van der Waals surface area contributed by atoms with E-state index >= 15 is 0 Å². The summed E-state index contributed by atoms with van der Waals surface area (Å²) in [5, 5.41) is 16.0. The van der Waals surface area contributed by atoms with Gasteiger partial charge >= 0.3 is 0 Å².